The summed E-state index contributed by atoms with van der Waals surface area (Å²) in [6.45, 7) is 4.42. The molecule has 2 aromatic rings. The molecule has 0 aliphatic carbocycles. The molecule has 0 fully saturated rings. The molecule has 20 heavy (non-hydrogen) atoms. The van der Waals surface area contributed by atoms with E-state index in [1.54, 1.807) is 0 Å². The number of aliphatic hydroxyl groups excluding tert-OH is 1. The lowest BCUT2D eigenvalue weighted by Crippen LogP contribution is -2.20. The number of halogens is 1. The summed E-state index contributed by atoms with van der Waals surface area (Å²) >= 11 is 5.91. The third-order valence-electron chi connectivity index (χ3n) is 3.69. The minimum atomic E-state index is -0.610. The fourth-order valence-corrected chi connectivity index (χ4v) is 2.58. The van der Waals surface area contributed by atoms with Gasteiger partial charge >= 0.3 is 0 Å². The summed E-state index contributed by atoms with van der Waals surface area (Å²) in [4.78, 5) is 0. The Balaban J connectivity index is 2.35. The maximum Gasteiger partial charge on any atom is 0.0873 e. The number of aliphatic hydroxyl groups is 1. The molecular formula is C17H20ClNO. The van der Waals surface area contributed by atoms with Crippen molar-refractivity contribution in [2.75, 3.05) is 6.54 Å². The molecule has 0 aliphatic rings. The molecule has 3 N–H and O–H groups in total. The highest BCUT2D eigenvalue weighted by Gasteiger charge is 2.22. The first-order chi connectivity index (χ1) is 9.52. The first-order valence-corrected chi connectivity index (χ1v) is 7.11. The number of aryl methyl sites for hydroxylation is 2. The molecule has 0 saturated carbocycles. The van der Waals surface area contributed by atoms with Crippen molar-refractivity contribution in [3.8, 4) is 0 Å². The highest BCUT2D eigenvalue weighted by Crippen LogP contribution is 2.32. The molecule has 2 unspecified atom stereocenters. The molecule has 0 aliphatic heterocycles. The van der Waals surface area contributed by atoms with Gasteiger partial charge in [0.15, 0.2) is 0 Å². The Hall–Kier alpha value is -1.35. The number of benzene rings is 2. The van der Waals surface area contributed by atoms with Crippen molar-refractivity contribution >= 4 is 11.6 Å². The molecule has 0 aromatic heterocycles. The van der Waals surface area contributed by atoms with E-state index in [4.69, 9.17) is 17.3 Å². The van der Waals surface area contributed by atoms with E-state index in [9.17, 15) is 5.11 Å². The van der Waals surface area contributed by atoms with Gasteiger partial charge in [0.1, 0.15) is 0 Å². The molecule has 2 aromatic carbocycles. The van der Waals surface area contributed by atoms with E-state index in [1.165, 1.54) is 0 Å². The third kappa shape index (κ3) is 3.21. The van der Waals surface area contributed by atoms with Crippen molar-refractivity contribution in [2.24, 2.45) is 5.73 Å². The fourth-order valence-electron chi connectivity index (χ4n) is 2.45. The van der Waals surface area contributed by atoms with Crippen LogP contribution in [0.25, 0.3) is 0 Å². The molecule has 106 valence electrons. The van der Waals surface area contributed by atoms with Gasteiger partial charge in [0.2, 0.25) is 0 Å². The summed E-state index contributed by atoms with van der Waals surface area (Å²) < 4.78 is 0. The Bertz CT molecular complexity index is 580. The summed E-state index contributed by atoms with van der Waals surface area (Å²) in [5.74, 6) is -0.132. The summed E-state index contributed by atoms with van der Waals surface area (Å²) in [5, 5.41) is 11.4. The van der Waals surface area contributed by atoms with Crippen LogP contribution in [0.1, 0.15) is 34.3 Å². The van der Waals surface area contributed by atoms with Crippen LogP contribution in [0.15, 0.2) is 42.5 Å². The van der Waals surface area contributed by atoms with E-state index in [0.29, 0.717) is 11.6 Å². The van der Waals surface area contributed by atoms with Gasteiger partial charge < -0.3 is 10.8 Å². The van der Waals surface area contributed by atoms with Crippen molar-refractivity contribution in [1.29, 1.82) is 0 Å². The SMILES string of the molecule is Cc1ccc(C)c(C(O)C(CN)c2ccc(Cl)cc2)c1. The Morgan fingerprint density at radius 3 is 2.35 bits per heavy atom. The fraction of sp³-hybridized carbons (Fsp3) is 0.294. The van der Waals surface area contributed by atoms with Crippen LogP contribution in [0.5, 0.6) is 0 Å². The van der Waals surface area contributed by atoms with E-state index >= 15 is 0 Å². The van der Waals surface area contributed by atoms with E-state index < -0.39 is 6.10 Å². The van der Waals surface area contributed by atoms with Gasteiger partial charge in [-0.1, -0.05) is 47.5 Å². The second kappa shape index (κ2) is 6.40. The molecule has 2 nitrogen and oxygen atoms in total. The average Bonchev–Trinajstić information content (AvgIpc) is 2.44. The lowest BCUT2D eigenvalue weighted by molar-refractivity contribution is 0.146. The van der Waals surface area contributed by atoms with Gasteiger partial charge in [0, 0.05) is 17.5 Å². The topological polar surface area (TPSA) is 46.2 Å². The third-order valence-corrected chi connectivity index (χ3v) is 3.94. The predicted octanol–water partition coefficient (Wildman–Crippen LogP) is 3.73. The van der Waals surface area contributed by atoms with Crippen LogP contribution in [0.2, 0.25) is 5.02 Å². The number of hydrogen-bond acceptors (Lipinski definition) is 2. The maximum atomic E-state index is 10.7. The zero-order chi connectivity index (χ0) is 14.7. The van der Waals surface area contributed by atoms with Gasteiger partial charge in [-0.05, 0) is 42.7 Å². The molecule has 0 spiro atoms. The van der Waals surface area contributed by atoms with Gasteiger partial charge in [-0.25, -0.2) is 0 Å². The first-order valence-electron chi connectivity index (χ1n) is 6.73. The Labute approximate surface area is 125 Å². The summed E-state index contributed by atoms with van der Waals surface area (Å²) in [6, 6.07) is 13.6. The summed E-state index contributed by atoms with van der Waals surface area (Å²) in [6.07, 6.45) is -0.610. The standard InChI is InChI=1S/C17H20ClNO/c1-11-3-4-12(2)15(9-11)17(20)16(10-19)13-5-7-14(18)8-6-13/h3-9,16-17,20H,10,19H2,1-2H3. The van der Waals surface area contributed by atoms with Crippen LogP contribution in [0.4, 0.5) is 0 Å². The Kier molecular flexibility index (Phi) is 4.81. The second-order valence-electron chi connectivity index (χ2n) is 5.20. The maximum absolute atomic E-state index is 10.7. The average molecular weight is 290 g/mol. The van der Waals surface area contributed by atoms with Crippen molar-refractivity contribution < 1.29 is 5.11 Å². The Morgan fingerprint density at radius 2 is 1.75 bits per heavy atom. The predicted molar refractivity (Wildman–Crippen MR) is 84.1 cm³/mol. The lowest BCUT2D eigenvalue weighted by atomic mass is 9.87. The molecule has 0 amide bonds. The molecular weight excluding hydrogens is 270 g/mol. The first kappa shape index (κ1) is 15.0. The number of nitrogens with two attached hydrogens (primary N) is 1. The molecule has 0 bridgehead atoms. The van der Waals surface area contributed by atoms with E-state index in [2.05, 4.69) is 0 Å². The van der Waals surface area contributed by atoms with Crippen LogP contribution in [-0.4, -0.2) is 11.7 Å². The monoisotopic (exact) mass is 289 g/mol. The van der Waals surface area contributed by atoms with Crippen LogP contribution in [-0.2, 0) is 0 Å². The zero-order valence-electron chi connectivity index (χ0n) is 11.8. The lowest BCUT2D eigenvalue weighted by Gasteiger charge is -2.24. The van der Waals surface area contributed by atoms with Crippen molar-refractivity contribution in [3.63, 3.8) is 0 Å². The number of rotatable bonds is 4. The van der Waals surface area contributed by atoms with E-state index in [1.807, 2.05) is 56.3 Å². The van der Waals surface area contributed by atoms with Gasteiger partial charge in [0.25, 0.3) is 0 Å². The van der Waals surface area contributed by atoms with Crippen LogP contribution in [0, 0.1) is 13.8 Å². The van der Waals surface area contributed by atoms with Gasteiger partial charge in [-0.15, -0.1) is 0 Å². The quantitative estimate of drug-likeness (QED) is 0.901. The largest absolute Gasteiger partial charge is 0.388 e. The minimum Gasteiger partial charge on any atom is -0.388 e. The molecule has 0 radical (unpaired) electrons. The van der Waals surface area contributed by atoms with Crippen LogP contribution < -0.4 is 5.73 Å². The Morgan fingerprint density at radius 1 is 1.10 bits per heavy atom. The second-order valence-corrected chi connectivity index (χ2v) is 5.64. The van der Waals surface area contributed by atoms with Crippen molar-refractivity contribution in [2.45, 2.75) is 25.9 Å². The smallest absolute Gasteiger partial charge is 0.0873 e. The molecule has 2 rings (SSSR count). The van der Waals surface area contributed by atoms with E-state index in [0.717, 1.165) is 22.3 Å². The van der Waals surface area contributed by atoms with E-state index in [-0.39, 0.29) is 5.92 Å². The van der Waals surface area contributed by atoms with Crippen LogP contribution in [0.3, 0.4) is 0 Å². The zero-order valence-corrected chi connectivity index (χ0v) is 12.6. The van der Waals surface area contributed by atoms with Gasteiger partial charge in [-0.3, -0.25) is 0 Å². The van der Waals surface area contributed by atoms with Crippen molar-refractivity contribution in [1.82, 2.24) is 0 Å². The highest BCUT2D eigenvalue weighted by molar-refractivity contribution is 6.30. The summed E-state index contributed by atoms with van der Waals surface area (Å²) in [5.41, 5.74) is 10.0. The molecule has 3 heteroatoms. The van der Waals surface area contributed by atoms with Crippen molar-refractivity contribution in [3.05, 3.63) is 69.7 Å². The molecule has 2 atom stereocenters. The minimum absolute atomic E-state index is 0.132. The molecule has 0 saturated heterocycles. The van der Waals surface area contributed by atoms with Gasteiger partial charge in [0.05, 0.1) is 6.10 Å². The number of hydrogen-bond donors (Lipinski definition) is 2. The van der Waals surface area contributed by atoms with Crippen LogP contribution >= 0.6 is 11.6 Å². The van der Waals surface area contributed by atoms with Gasteiger partial charge in [-0.2, -0.15) is 0 Å². The highest BCUT2D eigenvalue weighted by atomic mass is 35.5. The normalized spacial score (nSPS) is 14.1. The molecule has 0 heterocycles. The summed E-state index contributed by atoms with van der Waals surface area (Å²) in [7, 11) is 0.